The number of piperidine rings is 1. The molecule has 0 spiro atoms. The van der Waals surface area contributed by atoms with Crippen LogP contribution < -0.4 is 10.0 Å². The number of sulfonamides is 1. The van der Waals surface area contributed by atoms with Gasteiger partial charge in [-0.1, -0.05) is 0 Å². The molecule has 3 rings (SSSR count). The Bertz CT molecular complexity index is 716. The zero-order valence-corrected chi connectivity index (χ0v) is 17.4. The van der Waals surface area contributed by atoms with Crippen LogP contribution in [0, 0.1) is 0 Å². The summed E-state index contributed by atoms with van der Waals surface area (Å²) in [6, 6.07) is 3.90. The van der Waals surface area contributed by atoms with Crippen molar-refractivity contribution in [1.82, 2.24) is 19.8 Å². The molecular weight excluding hydrogens is 380 g/mol. The lowest BCUT2D eigenvalue weighted by molar-refractivity contribution is 0.141. The van der Waals surface area contributed by atoms with E-state index in [1.165, 1.54) is 12.8 Å². The van der Waals surface area contributed by atoms with Crippen molar-refractivity contribution in [2.45, 2.75) is 50.6 Å². The van der Waals surface area contributed by atoms with Crippen molar-refractivity contribution in [2.75, 3.05) is 39.0 Å². The zero-order valence-electron chi connectivity index (χ0n) is 16.6. The van der Waals surface area contributed by atoms with Crippen LogP contribution >= 0.6 is 0 Å². The molecule has 28 heavy (non-hydrogen) atoms. The average molecular weight is 413 g/mol. The smallest absolute Gasteiger partial charge is 0.317 e. The highest BCUT2D eigenvalue weighted by Gasteiger charge is 2.29. The second-order valence-corrected chi connectivity index (χ2v) is 9.59. The van der Waals surface area contributed by atoms with Gasteiger partial charge in [-0.25, -0.2) is 17.9 Å². The molecule has 0 aliphatic carbocycles. The summed E-state index contributed by atoms with van der Waals surface area (Å²) in [5, 5.41) is 3.10. The van der Waals surface area contributed by atoms with Crippen LogP contribution in [0.1, 0.15) is 50.3 Å². The van der Waals surface area contributed by atoms with Gasteiger partial charge >= 0.3 is 6.03 Å². The molecule has 0 radical (unpaired) electrons. The molecule has 0 aromatic carbocycles. The maximum absolute atomic E-state index is 12.9. The number of urea groups is 1. The number of nitrogens with one attached hydrogen (secondary N) is 2. The first-order chi connectivity index (χ1) is 13.4. The van der Waals surface area contributed by atoms with Crippen LogP contribution in [0.3, 0.4) is 0 Å². The molecule has 2 aliphatic rings. The largest absolute Gasteiger partial charge is 0.468 e. The predicted octanol–water partition coefficient (Wildman–Crippen LogP) is 1.92. The third-order valence-corrected chi connectivity index (χ3v) is 6.36. The summed E-state index contributed by atoms with van der Waals surface area (Å²) >= 11 is 0. The van der Waals surface area contributed by atoms with Gasteiger partial charge in [-0.15, -0.1) is 0 Å². The first-order valence-corrected chi connectivity index (χ1v) is 12.1. The van der Waals surface area contributed by atoms with E-state index < -0.39 is 10.0 Å². The monoisotopic (exact) mass is 412 g/mol. The minimum Gasteiger partial charge on any atom is -0.468 e. The van der Waals surface area contributed by atoms with E-state index in [2.05, 4.69) is 14.9 Å². The van der Waals surface area contributed by atoms with Crippen molar-refractivity contribution in [2.24, 2.45) is 0 Å². The molecule has 3 heterocycles. The number of hydrogen-bond donors (Lipinski definition) is 2. The van der Waals surface area contributed by atoms with Gasteiger partial charge in [0, 0.05) is 25.7 Å². The van der Waals surface area contributed by atoms with Crippen molar-refractivity contribution < 1.29 is 17.6 Å². The molecular formula is C19H32N4O4S. The molecule has 2 saturated heterocycles. The van der Waals surface area contributed by atoms with Crippen LogP contribution in [0.25, 0.3) is 0 Å². The van der Waals surface area contributed by atoms with Gasteiger partial charge in [-0.2, -0.15) is 0 Å². The summed E-state index contributed by atoms with van der Waals surface area (Å²) in [5.41, 5.74) is 0. The molecule has 1 aromatic heterocycles. The van der Waals surface area contributed by atoms with Gasteiger partial charge in [-0.05, 0) is 63.7 Å². The highest BCUT2D eigenvalue weighted by atomic mass is 32.2. The Labute approximate surface area is 167 Å². The number of amides is 2. The Hall–Kier alpha value is -1.58. The molecule has 2 aliphatic heterocycles. The number of carbonyl (C=O) groups excluding carboxylic acids is 1. The third kappa shape index (κ3) is 5.96. The Morgan fingerprint density at radius 3 is 2.68 bits per heavy atom. The summed E-state index contributed by atoms with van der Waals surface area (Å²) in [6.45, 7) is 3.62. The van der Waals surface area contributed by atoms with Crippen LogP contribution in [0.2, 0.25) is 0 Å². The highest BCUT2D eigenvalue weighted by molar-refractivity contribution is 7.88. The first-order valence-electron chi connectivity index (χ1n) is 10.2. The van der Waals surface area contributed by atoms with Gasteiger partial charge in [0.15, 0.2) is 0 Å². The molecule has 2 fully saturated rings. The number of furan rings is 1. The van der Waals surface area contributed by atoms with Gasteiger partial charge in [0.2, 0.25) is 10.0 Å². The number of likely N-dealkylation sites (tertiary alicyclic amines) is 2. The van der Waals surface area contributed by atoms with Gasteiger partial charge in [0.25, 0.3) is 0 Å². The summed E-state index contributed by atoms with van der Waals surface area (Å²) < 4.78 is 30.7. The van der Waals surface area contributed by atoms with Crippen LogP contribution in [-0.4, -0.2) is 69.3 Å². The molecule has 8 nitrogen and oxygen atoms in total. The molecule has 2 N–H and O–H groups in total. The SMILES string of the molecule is CS(=O)(=O)NCC[C@@H]1CCCCN1C(=O)NC[C@H](c1ccco1)N1CCCC1. The Kier molecular flexibility index (Phi) is 7.36. The molecule has 0 bridgehead atoms. The average Bonchev–Trinajstić information content (AvgIpc) is 3.35. The lowest BCUT2D eigenvalue weighted by Gasteiger charge is -2.36. The molecule has 2 amide bonds. The lowest BCUT2D eigenvalue weighted by atomic mass is 10.00. The standard InChI is InChI=1S/C19H32N4O4S/c1-28(25,26)21-10-9-16-7-2-3-13-23(16)19(24)20-15-17(18-8-6-14-27-18)22-11-4-5-12-22/h6,8,14,16-17,21H,2-5,7,9-13,15H2,1H3,(H,20,24)/t16-,17+/m0/s1. The van der Waals surface area contributed by atoms with E-state index in [0.717, 1.165) is 44.4 Å². The first kappa shape index (κ1) is 21.1. The van der Waals surface area contributed by atoms with Crippen LogP contribution in [0.5, 0.6) is 0 Å². The Balaban J connectivity index is 1.56. The molecule has 2 atom stereocenters. The van der Waals surface area contributed by atoms with Gasteiger partial charge in [-0.3, -0.25) is 4.90 Å². The maximum atomic E-state index is 12.9. The van der Waals surface area contributed by atoms with Gasteiger partial charge < -0.3 is 14.6 Å². The topological polar surface area (TPSA) is 94.9 Å². The minimum absolute atomic E-state index is 0.0524. The summed E-state index contributed by atoms with van der Waals surface area (Å²) in [6.07, 6.45) is 8.77. The fourth-order valence-corrected chi connectivity index (χ4v) is 4.70. The molecule has 0 saturated carbocycles. The second-order valence-electron chi connectivity index (χ2n) is 7.76. The van der Waals surface area contributed by atoms with Gasteiger partial charge in [0.1, 0.15) is 5.76 Å². The van der Waals surface area contributed by atoms with E-state index in [9.17, 15) is 13.2 Å². The molecule has 1 aromatic rings. The van der Waals surface area contributed by atoms with Crippen molar-refractivity contribution >= 4 is 16.1 Å². The van der Waals surface area contributed by atoms with E-state index in [4.69, 9.17) is 4.42 Å². The normalized spacial score (nSPS) is 22.3. The van der Waals surface area contributed by atoms with E-state index in [0.29, 0.717) is 26.1 Å². The second kappa shape index (κ2) is 9.76. The fourth-order valence-electron chi connectivity index (χ4n) is 4.21. The third-order valence-electron chi connectivity index (χ3n) is 5.63. The van der Waals surface area contributed by atoms with Crippen molar-refractivity contribution in [3.8, 4) is 0 Å². The minimum atomic E-state index is -3.20. The summed E-state index contributed by atoms with van der Waals surface area (Å²) in [4.78, 5) is 17.1. The number of hydrogen-bond acceptors (Lipinski definition) is 5. The van der Waals surface area contributed by atoms with Crippen LogP contribution in [-0.2, 0) is 10.0 Å². The van der Waals surface area contributed by atoms with E-state index >= 15 is 0 Å². The Morgan fingerprint density at radius 2 is 2.00 bits per heavy atom. The zero-order chi connectivity index (χ0) is 20.0. The van der Waals surface area contributed by atoms with E-state index in [1.54, 1.807) is 6.26 Å². The maximum Gasteiger partial charge on any atom is 0.317 e. The van der Waals surface area contributed by atoms with Crippen molar-refractivity contribution in [1.29, 1.82) is 0 Å². The number of rotatable bonds is 8. The quantitative estimate of drug-likeness (QED) is 0.680. The predicted molar refractivity (Wildman–Crippen MR) is 107 cm³/mol. The van der Waals surface area contributed by atoms with Crippen LogP contribution in [0.15, 0.2) is 22.8 Å². The fraction of sp³-hybridized carbons (Fsp3) is 0.737. The van der Waals surface area contributed by atoms with Crippen LogP contribution in [0.4, 0.5) is 4.79 Å². The number of nitrogens with zero attached hydrogens (tertiary/aromatic N) is 2. The Morgan fingerprint density at radius 1 is 1.25 bits per heavy atom. The molecule has 9 heteroatoms. The summed E-state index contributed by atoms with van der Waals surface area (Å²) in [7, 11) is -3.20. The van der Waals surface area contributed by atoms with E-state index in [1.807, 2.05) is 17.0 Å². The lowest BCUT2D eigenvalue weighted by Crippen LogP contribution is -2.51. The molecule has 158 valence electrons. The summed E-state index contributed by atoms with van der Waals surface area (Å²) in [5.74, 6) is 0.884. The van der Waals surface area contributed by atoms with Gasteiger partial charge in [0.05, 0.1) is 18.6 Å². The van der Waals surface area contributed by atoms with E-state index in [-0.39, 0.29) is 18.1 Å². The van der Waals surface area contributed by atoms with Crippen molar-refractivity contribution in [3.05, 3.63) is 24.2 Å². The number of carbonyl (C=O) groups is 1. The highest BCUT2D eigenvalue weighted by Crippen LogP contribution is 2.25. The molecule has 0 unspecified atom stereocenters. The van der Waals surface area contributed by atoms with Crippen molar-refractivity contribution in [3.63, 3.8) is 0 Å².